The third-order valence-corrected chi connectivity index (χ3v) is 4.08. The predicted octanol–water partition coefficient (Wildman–Crippen LogP) is 1.95. The second-order valence-electron chi connectivity index (χ2n) is 4.56. The van der Waals surface area contributed by atoms with E-state index in [0.29, 0.717) is 6.04 Å². The average molecular weight is 254 g/mol. The summed E-state index contributed by atoms with van der Waals surface area (Å²) in [5.41, 5.74) is 0. The number of ether oxygens (including phenoxy) is 1. The van der Waals surface area contributed by atoms with Crippen LogP contribution in [0.5, 0.6) is 0 Å². The number of rotatable bonds is 5. The zero-order chi connectivity index (χ0) is 11.9. The fourth-order valence-electron chi connectivity index (χ4n) is 2.15. The molecule has 1 aliphatic rings. The second kappa shape index (κ2) is 7.11. The Morgan fingerprint density at radius 1 is 1.47 bits per heavy atom. The molecule has 2 heterocycles. The molecule has 1 fully saturated rings. The van der Waals surface area contributed by atoms with E-state index < -0.39 is 0 Å². The highest BCUT2D eigenvalue weighted by molar-refractivity contribution is 7.09. The third kappa shape index (κ3) is 4.39. The maximum absolute atomic E-state index is 5.48. The Bertz CT molecular complexity index is 294. The van der Waals surface area contributed by atoms with Gasteiger partial charge in [-0.2, -0.15) is 0 Å². The predicted molar refractivity (Wildman–Crippen MR) is 72.5 cm³/mol. The molecule has 2 rings (SSSR count). The molecule has 17 heavy (non-hydrogen) atoms. The van der Waals surface area contributed by atoms with Gasteiger partial charge in [0.05, 0.1) is 6.61 Å². The monoisotopic (exact) mass is 254 g/mol. The lowest BCUT2D eigenvalue weighted by atomic mass is 10.2. The van der Waals surface area contributed by atoms with Gasteiger partial charge in [0, 0.05) is 43.7 Å². The molecule has 0 spiro atoms. The van der Waals surface area contributed by atoms with Crippen molar-refractivity contribution in [1.82, 2.24) is 10.2 Å². The molecule has 1 saturated heterocycles. The van der Waals surface area contributed by atoms with Gasteiger partial charge in [0.1, 0.15) is 0 Å². The van der Waals surface area contributed by atoms with E-state index in [1.165, 1.54) is 11.4 Å². The van der Waals surface area contributed by atoms with Crippen LogP contribution >= 0.6 is 11.3 Å². The molecule has 3 nitrogen and oxygen atoms in total. The summed E-state index contributed by atoms with van der Waals surface area (Å²) in [6, 6.07) is 4.89. The number of thiophene rings is 1. The molecule has 0 aromatic carbocycles. The SMILES string of the molecule is CC(CNCc1cccs1)N1CCCOCC1. The quantitative estimate of drug-likeness (QED) is 0.869. The minimum atomic E-state index is 0.594. The van der Waals surface area contributed by atoms with Crippen molar-refractivity contribution in [1.29, 1.82) is 0 Å². The van der Waals surface area contributed by atoms with Crippen molar-refractivity contribution < 1.29 is 4.74 Å². The van der Waals surface area contributed by atoms with Gasteiger partial charge >= 0.3 is 0 Å². The third-order valence-electron chi connectivity index (χ3n) is 3.20. The fourth-order valence-corrected chi connectivity index (χ4v) is 2.83. The number of nitrogens with zero attached hydrogens (tertiary/aromatic N) is 1. The summed E-state index contributed by atoms with van der Waals surface area (Å²) in [5.74, 6) is 0. The Kier molecular flexibility index (Phi) is 5.45. The lowest BCUT2D eigenvalue weighted by molar-refractivity contribution is 0.133. The van der Waals surface area contributed by atoms with Crippen molar-refractivity contribution in [2.45, 2.75) is 25.9 Å². The zero-order valence-corrected chi connectivity index (χ0v) is 11.3. The highest BCUT2D eigenvalue weighted by atomic mass is 32.1. The second-order valence-corrected chi connectivity index (χ2v) is 5.59. The van der Waals surface area contributed by atoms with Gasteiger partial charge in [-0.3, -0.25) is 4.90 Å². The van der Waals surface area contributed by atoms with Gasteiger partial charge in [0.2, 0.25) is 0 Å². The molecule has 0 amide bonds. The van der Waals surface area contributed by atoms with Gasteiger partial charge < -0.3 is 10.1 Å². The first-order chi connectivity index (χ1) is 8.36. The van der Waals surface area contributed by atoms with Crippen LogP contribution in [0, 0.1) is 0 Å². The molecule has 0 bridgehead atoms. The highest BCUT2D eigenvalue weighted by Crippen LogP contribution is 2.08. The Morgan fingerprint density at radius 2 is 2.41 bits per heavy atom. The molecule has 1 aromatic heterocycles. The molecule has 0 radical (unpaired) electrons. The summed E-state index contributed by atoms with van der Waals surface area (Å²) < 4.78 is 5.48. The van der Waals surface area contributed by atoms with Gasteiger partial charge in [-0.15, -0.1) is 11.3 Å². The van der Waals surface area contributed by atoms with Gasteiger partial charge in [-0.05, 0) is 24.8 Å². The van der Waals surface area contributed by atoms with E-state index >= 15 is 0 Å². The normalized spacial score (nSPS) is 20.1. The maximum atomic E-state index is 5.48. The van der Waals surface area contributed by atoms with Gasteiger partial charge in [0.25, 0.3) is 0 Å². The molecule has 0 saturated carbocycles. The van der Waals surface area contributed by atoms with E-state index in [0.717, 1.165) is 39.3 Å². The molecule has 1 aromatic rings. The van der Waals surface area contributed by atoms with Gasteiger partial charge in [0.15, 0.2) is 0 Å². The Morgan fingerprint density at radius 3 is 3.24 bits per heavy atom. The smallest absolute Gasteiger partial charge is 0.0593 e. The molecule has 1 atom stereocenters. The van der Waals surface area contributed by atoms with Crippen molar-refractivity contribution in [2.75, 3.05) is 32.8 Å². The van der Waals surface area contributed by atoms with Gasteiger partial charge in [-0.25, -0.2) is 0 Å². The van der Waals surface area contributed by atoms with Crippen LogP contribution in [-0.2, 0) is 11.3 Å². The van der Waals surface area contributed by atoms with Crippen LogP contribution in [0.1, 0.15) is 18.2 Å². The molecular weight excluding hydrogens is 232 g/mol. The molecule has 0 aliphatic carbocycles. The summed E-state index contributed by atoms with van der Waals surface area (Å²) in [6.07, 6.45) is 1.16. The minimum absolute atomic E-state index is 0.594. The molecule has 4 heteroatoms. The standard InChI is InChI=1S/C13H22N2OS/c1-12(15-5-3-7-16-8-6-15)10-14-11-13-4-2-9-17-13/h2,4,9,12,14H,3,5-8,10-11H2,1H3. The van der Waals surface area contributed by atoms with Crippen LogP contribution in [0.2, 0.25) is 0 Å². The van der Waals surface area contributed by atoms with Gasteiger partial charge in [-0.1, -0.05) is 6.07 Å². The molecule has 1 unspecified atom stereocenters. The van der Waals surface area contributed by atoms with E-state index in [1.807, 2.05) is 11.3 Å². The Hall–Kier alpha value is -0.420. The zero-order valence-electron chi connectivity index (χ0n) is 10.5. The summed E-state index contributed by atoms with van der Waals surface area (Å²) in [6.45, 7) is 8.39. The van der Waals surface area contributed by atoms with E-state index in [4.69, 9.17) is 4.74 Å². The van der Waals surface area contributed by atoms with Crippen LogP contribution in [0.25, 0.3) is 0 Å². The van der Waals surface area contributed by atoms with Crippen molar-refractivity contribution in [3.8, 4) is 0 Å². The van der Waals surface area contributed by atoms with Crippen molar-refractivity contribution in [3.63, 3.8) is 0 Å². The van der Waals surface area contributed by atoms with E-state index in [2.05, 4.69) is 34.7 Å². The van der Waals surface area contributed by atoms with Crippen LogP contribution in [0.3, 0.4) is 0 Å². The summed E-state index contributed by atoms with van der Waals surface area (Å²) >= 11 is 1.82. The maximum Gasteiger partial charge on any atom is 0.0593 e. The van der Waals surface area contributed by atoms with Crippen LogP contribution in [0.4, 0.5) is 0 Å². The fraction of sp³-hybridized carbons (Fsp3) is 0.692. The van der Waals surface area contributed by atoms with Crippen LogP contribution < -0.4 is 5.32 Å². The van der Waals surface area contributed by atoms with E-state index in [9.17, 15) is 0 Å². The molecule has 1 aliphatic heterocycles. The van der Waals surface area contributed by atoms with Crippen molar-refractivity contribution in [3.05, 3.63) is 22.4 Å². The first kappa shape index (κ1) is 13.0. The van der Waals surface area contributed by atoms with E-state index in [1.54, 1.807) is 0 Å². The Balaban J connectivity index is 1.67. The summed E-state index contributed by atoms with van der Waals surface area (Å²) in [7, 11) is 0. The minimum Gasteiger partial charge on any atom is -0.380 e. The molecule has 96 valence electrons. The lowest BCUT2D eigenvalue weighted by Gasteiger charge is -2.27. The lowest BCUT2D eigenvalue weighted by Crippen LogP contribution is -2.41. The van der Waals surface area contributed by atoms with Crippen LogP contribution in [-0.4, -0.2) is 43.8 Å². The molecule has 1 N–H and O–H groups in total. The topological polar surface area (TPSA) is 24.5 Å². The first-order valence-corrected chi connectivity index (χ1v) is 7.29. The largest absolute Gasteiger partial charge is 0.380 e. The number of hydrogen-bond donors (Lipinski definition) is 1. The average Bonchev–Trinajstić information content (AvgIpc) is 2.69. The molecular formula is C13H22N2OS. The summed E-state index contributed by atoms with van der Waals surface area (Å²) in [5, 5.41) is 5.66. The van der Waals surface area contributed by atoms with Crippen LogP contribution in [0.15, 0.2) is 17.5 Å². The Labute approximate surface area is 108 Å². The summed E-state index contributed by atoms with van der Waals surface area (Å²) in [4.78, 5) is 3.94. The first-order valence-electron chi connectivity index (χ1n) is 6.41. The number of nitrogens with one attached hydrogen (secondary N) is 1. The highest BCUT2D eigenvalue weighted by Gasteiger charge is 2.15. The number of hydrogen-bond acceptors (Lipinski definition) is 4. The van der Waals surface area contributed by atoms with Crippen molar-refractivity contribution >= 4 is 11.3 Å². The van der Waals surface area contributed by atoms with Crippen molar-refractivity contribution in [2.24, 2.45) is 0 Å². The van der Waals surface area contributed by atoms with E-state index in [-0.39, 0.29) is 0 Å².